The summed E-state index contributed by atoms with van der Waals surface area (Å²) in [6.07, 6.45) is 2.33. The molecule has 1 aromatic carbocycles. The zero-order valence-corrected chi connectivity index (χ0v) is 14.0. The van der Waals surface area contributed by atoms with E-state index in [1.165, 1.54) is 10.5 Å². The summed E-state index contributed by atoms with van der Waals surface area (Å²) in [6, 6.07) is 7.12. The molecule has 2 rings (SSSR count). The van der Waals surface area contributed by atoms with Crippen LogP contribution in [0.5, 0.6) is 0 Å². The van der Waals surface area contributed by atoms with Crippen LogP contribution in [0.25, 0.3) is 0 Å². The second-order valence-electron chi connectivity index (χ2n) is 5.22. The molecule has 0 radical (unpaired) electrons. The Morgan fingerprint density at radius 2 is 2.11 bits per heavy atom. The molecule has 1 aromatic rings. The Labute approximate surface area is 128 Å². The third-order valence-electron chi connectivity index (χ3n) is 3.19. The normalized spacial score (nSPS) is 17.1. The second kappa shape index (κ2) is 7.67. The number of ether oxygens (including phenoxy) is 1. The van der Waals surface area contributed by atoms with E-state index in [1.54, 1.807) is 0 Å². The van der Waals surface area contributed by atoms with Crippen LogP contribution in [-0.4, -0.2) is 24.5 Å². The van der Waals surface area contributed by atoms with Crippen molar-refractivity contribution < 1.29 is 4.74 Å². The summed E-state index contributed by atoms with van der Waals surface area (Å²) in [4.78, 5) is 1.41. The highest BCUT2D eigenvalue weighted by Gasteiger charge is 2.16. The Kier molecular flexibility index (Phi) is 6.20. The minimum absolute atomic E-state index is 0.514. The van der Waals surface area contributed by atoms with Crippen molar-refractivity contribution in [1.29, 1.82) is 0 Å². The molecule has 19 heavy (non-hydrogen) atoms. The Bertz CT molecular complexity index is 405. The molecule has 0 bridgehead atoms. The first-order chi connectivity index (χ1) is 9.15. The van der Waals surface area contributed by atoms with E-state index >= 15 is 0 Å². The van der Waals surface area contributed by atoms with Gasteiger partial charge in [0.05, 0.1) is 0 Å². The maximum Gasteiger partial charge on any atom is 0.0476 e. The first-order valence-electron chi connectivity index (χ1n) is 6.91. The molecule has 0 aliphatic carbocycles. The maximum absolute atomic E-state index is 5.43. The van der Waals surface area contributed by atoms with E-state index in [2.05, 4.69) is 53.3 Å². The molecule has 0 unspecified atom stereocenters. The van der Waals surface area contributed by atoms with Gasteiger partial charge < -0.3 is 10.1 Å². The number of thioether (sulfide) groups is 1. The lowest BCUT2D eigenvalue weighted by molar-refractivity contribution is 0.1000. The van der Waals surface area contributed by atoms with Crippen LogP contribution in [-0.2, 0) is 11.3 Å². The van der Waals surface area contributed by atoms with Crippen molar-refractivity contribution in [3.63, 3.8) is 0 Å². The third kappa shape index (κ3) is 5.10. The Balaban J connectivity index is 2.04. The average molecular weight is 344 g/mol. The van der Waals surface area contributed by atoms with Crippen molar-refractivity contribution in [3.8, 4) is 0 Å². The molecule has 1 heterocycles. The van der Waals surface area contributed by atoms with Gasteiger partial charge in [-0.2, -0.15) is 0 Å². The van der Waals surface area contributed by atoms with Gasteiger partial charge >= 0.3 is 0 Å². The summed E-state index contributed by atoms with van der Waals surface area (Å²) in [6.45, 7) is 7.12. The smallest absolute Gasteiger partial charge is 0.0476 e. The van der Waals surface area contributed by atoms with E-state index in [9.17, 15) is 0 Å². The fraction of sp³-hybridized carbons (Fsp3) is 0.600. The van der Waals surface area contributed by atoms with E-state index in [0.29, 0.717) is 11.3 Å². The highest BCUT2D eigenvalue weighted by atomic mass is 79.9. The monoisotopic (exact) mass is 343 g/mol. The van der Waals surface area contributed by atoms with Gasteiger partial charge in [-0.1, -0.05) is 29.8 Å². The molecule has 0 atom stereocenters. The maximum atomic E-state index is 5.43. The number of hydrogen-bond donors (Lipinski definition) is 1. The van der Waals surface area contributed by atoms with Crippen LogP contribution in [0.15, 0.2) is 27.6 Å². The van der Waals surface area contributed by atoms with Crippen LogP contribution in [0.2, 0.25) is 0 Å². The van der Waals surface area contributed by atoms with Crippen molar-refractivity contribution >= 4 is 27.7 Å². The van der Waals surface area contributed by atoms with Gasteiger partial charge in [0.1, 0.15) is 0 Å². The molecule has 1 fully saturated rings. The zero-order valence-electron chi connectivity index (χ0n) is 11.6. The van der Waals surface area contributed by atoms with Gasteiger partial charge in [-0.15, -0.1) is 11.8 Å². The van der Waals surface area contributed by atoms with E-state index in [0.717, 1.165) is 37.1 Å². The van der Waals surface area contributed by atoms with E-state index in [1.807, 2.05) is 11.8 Å². The lowest BCUT2D eigenvalue weighted by Crippen LogP contribution is -2.22. The Morgan fingerprint density at radius 1 is 1.37 bits per heavy atom. The first kappa shape index (κ1) is 15.4. The number of hydrogen-bond acceptors (Lipinski definition) is 3. The number of benzene rings is 1. The molecule has 1 aliphatic rings. The van der Waals surface area contributed by atoms with Gasteiger partial charge in [-0.05, 0) is 36.6 Å². The molecule has 0 aromatic heterocycles. The van der Waals surface area contributed by atoms with Crippen LogP contribution in [0.4, 0.5) is 0 Å². The van der Waals surface area contributed by atoms with Crippen LogP contribution in [0, 0.1) is 0 Å². The molecule has 0 saturated carbocycles. The molecule has 1 saturated heterocycles. The van der Waals surface area contributed by atoms with Gasteiger partial charge in [0, 0.05) is 40.4 Å². The van der Waals surface area contributed by atoms with Gasteiger partial charge in [0.2, 0.25) is 0 Å². The van der Waals surface area contributed by atoms with Crippen LogP contribution in [0.3, 0.4) is 0 Å². The SMILES string of the molecule is CC(C)NCc1cc(Br)ccc1SC1CCOCC1. The lowest BCUT2D eigenvalue weighted by Gasteiger charge is -2.23. The molecular weight excluding hydrogens is 322 g/mol. The van der Waals surface area contributed by atoms with Crippen LogP contribution >= 0.6 is 27.7 Å². The number of halogens is 1. The minimum Gasteiger partial charge on any atom is -0.381 e. The molecule has 106 valence electrons. The van der Waals surface area contributed by atoms with E-state index in [4.69, 9.17) is 4.74 Å². The summed E-state index contributed by atoms with van der Waals surface area (Å²) in [5.41, 5.74) is 1.39. The molecular formula is C15H22BrNOS. The second-order valence-corrected chi connectivity index (χ2v) is 7.48. The van der Waals surface area contributed by atoms with Crippen molar-refractivity contribution in [3.05, 3.63) is 28.2 Å². The fourth-order valence-corrected chi connectivity index (χ4v) is 3.71. The van der Waals surface area contributed by atoms with Crippen LogP contribution in [0.1, 0.15) is 32.3 Å². The molecule has 0 spiro atoms. The lowest BCUT2D eigenvalue weighted by atomic mass is 10.2. The highest BCUT2D eigenvalue weighted by molar-refractivity contribution is 9.10. The van der Waals surface area contributed by atoms with Gasteiger partial charge in [0.25, 0.3) is 0 Å². The van der Waals surface area contributed by atoms with Gasteiger partial charge in [-0.25, -0.2) is 0 Å². The molecule has 1 N–H and O–H groups in total. The topological polar surface area (TPSA) is 21.3 Å². The van der Waals surface area contributed by atoms with Crippen molar-refractivity contribution in [1.82, 2.24) is 5.32 Å². The zero-order chi connectivity index (χ0) is 13.7. The molecule has 4 heteroatoms. The van der Waals surface area contributed by atoms with Crippen molar-refractivity contribution in [2.75, 3.05) is 13.2 Å². The van der Waals surface area contributed by atoms with Crippen molar-refractivity contribution in [2.45, 2.75) is 49.4 Å². The van der Waals surface area contributed by atoms with Gasteiger partial charge in [-0.3, -0.25) is 0 Å². The van der Waals surface area contributed by atoms with Crippen LogP contribution < -0.4 is 5.32 Å². The van der Waals surface area contributed by atoms with E-state index < -0.39 is 0 Å². The Hall–Kier alpha value is -0.0300. The van der Waals surface area contributed by atoms with E-state index in [-0.39, 0.29) is 0 Å². The highest BCUT2D eigenvalue weighted by Crippen LogP contribution is 2.33. The number of nitrogens with one attached hydrogen (secondary N) is 1. The third-order valence-corrected chi connectivity index (χ3v) is 5.14. The summed E-state index contributed by atoms with van der Waals surface area (Å²) >= 11 is 5.58. The largest absolute Gasteiger partial charge is 0.381 e. The average Bonchev–Trinajstić information content (AvgIpc) is 2.40. The quantitative estimate of drug-likeness (QED) is 0.864. The predicted molar refractivity (Wildman–Crippen MR) is 85.8 cm³/mol. The predicted octanol–water partition coefficient (Wildman–Crippen LogP) is 4.22. The minimum atomic E-state index is 0.514. The summed E-state index contributed by atoms with van der Waals surface area (Å²) in [5, 5.41) is 4.21. The number of rotatable bonds is 5. The molecule has 2 nitrogen and oxygen atoms in total. The summed E-state index contributed by atoms with van der Waals surface area (Å²) < 4.78 is 6.59. The fourth-order valence-electron chi connectivity index (χ4n) is 2.09. The first-order valence-corrected chi connectivity index (χ1v) is 8.58. The summed E-state index contributed by atoms with van der Waals surface area (Å²) in [5.74, 6) is 0. The molecule has 1 aliphatic heterocycles. The van der Waals surface area contributed by atoms with Crippen molar-refractivity contribution in [2.24, 2.45) is 0 Å². The van der Waals surface area contributed by atoms with Gasteiger partial charge in [0.15, 0.2) is 0 Å². The molecule has 0 amide bonds. The Morgan fingerprint density at radius 3 is 2.79 bits per heavy atom. The standard InChI is InChI=1S/C15H22BrNOS/c1-11(2)17-10-12-9-13(16)3-4-15(12)19-14-5-7-18-8-6-14/h3-4,9,11,14,17H,5-8,10H2,1-2H3. The summed E-state index contributed by atoms with van der Waals surface area (Å²) in [7, 11) is 0.